The second-order valence-corrected chi connectivity index (χ2v) is 9.48. The molecule has 3 heterocycles. The fraction of sp³-hybridized carbons (Fsp3) is 0.385. The highest BCUT2D eigenvalue weighted by molar-refractivity contribution is 7.91. The molecule has 0 radical (unpaired) electrons. The van der Waals surface area contributed by atoms with Crippen LogP contribution < -0.4 is 0 Å². The van der Waals surface area contributed by atoms with E-state index in [0.29, 0.717) is 15.1 Å². The smallest absolute Gasteiger partial charge is 0.206 e. The Morgan fingerprint density at radius 2 is 2.20 bits per heavy atom. The van der Waals surface area contributed by atoms with Crippen molar-refractivity contribution in [1.82, 2.24) is 4.31 Å². The molecule has 0 spiro atoms. The monoisotopic (exact) mass is 347 g/mol. The predicted molar refractivity (Wildman–Crippen MR) is 84.3 cm³/mol. The molecule has 0 saturated heterocycles. The van der Waals surface area contributed by atoms with Crippen molar-refractivity contribution in [1.29, 1.82) is 0 Å². The summed E-state index contributed by atoms with van der Waals surface area (Å²) in [5, 5.41) is 2.05. The lowest BCUT2D eigenvalue weighted by atomic mass is 10.0. The topological polar surface area (TPSA) is 37.4 Å². The molecule has 3 rings (SSSR count). The predicted octanol–water partition coefficient (Wildman–Crippen LogP) is 4.16. The van der Waals surface area contributed by atoms with Crippen LogP contribution in [0.25, 0.3) is 0 Å². The van der Waals surface area contributed by atoms with E-state index in [2.05, 4.69) is 6.07 Å². The van der Waals surface area contributed by atoms with Crippen LogP contribution in [0.2, 0.25) is 4.34 Å². The average Bonchev–Trinajstić information content (AvgIpc) is 3.05. The summed E-state index contributed by atoms with van der Waals surface area (Å²) in [4.78, 5) is 1.31. The maximum Gasteiger partial charge on any atom is 0.253 e. The number of hydrogen-bond acceptors (Lipinski definition) is 4. The largest absolute Gasteiger partial charge is 0.253 e. The third-order valence-electron chi connectivity index (χ3n) is 3.54. The molecule has 2 aromatic heterocycles. The molecule has 0 aromatic carbocycles. The molecule has 108 valence electrons. The maximum absolute atomic E-state index is 12.8. The third-order valence-corrected chi connectivity index (χ3v) is 8.15. The SMILES string of the molecule is CCC1c2ccsc2CCN1S(=O)(=O)c1ccc(Cl)s1. The number of nitrogens with zero attached hydrogens (tertiary/aromatic N) is 1. The van der Waals surface area contributed by atoms with E-state index in [-0.39, 0.29) is 6.04 Å². The van der Waals surface area contributed by atoms with Gasteiger partial charge in [-0.05, 0) is 42.0 Å². The molecule has 0 saturated carbocycles. The summed E-state index contributed by atoms with van der Waals surface area (Å²) in [6, 6.07) is 5.23. The molecular formula is C13H14ClNO2S3. The van der Waals surface area contributed by atoms with Gasteiger partial charge in [-0.1, -0.05) is 18.5 Å². The zero-order valence-electron chi connectivity index (χ0n) is 10.9. The Morgan fingerprint density at radius 3 is 2.85 bits per heavy atom. The van der Waals surface area contributed by atoms with Gasteiger partial charge in [-0.25, -0.2) is 8.42 Å². The first-order chi connectivity index (χ1) is 9.54. The van der Waals surface area contributed by atoms with Crippen molar-refractivity contribution in [2.24, 2.45) is 0 Å². The van der Waals surface area contributed by atoms with Gasteiger partial charge in [0.2, 0.25) is 0 Å². The average molecular weight is 348 g/mol. The van der Waals surface area contributed by atoms with Crippen LogP contribution in [0.15, 0.2) is 27.8 Å². The Morgan fingerprint density at radius 1 is 1.40 bits per heavy atom. The molecule has 1 atom stereocenters. The van der Waals surface area contributed by atoms with E-state index in [9.17, 15) is 8.42 Å². The molecule has 0 bridgehead atoms. The second kappa shape index (κ2) is 5.42. The normalized spacial score (nSPS) is 20.0. The van der Waals surface area contributed by atoms with Gasteiger partial charge < -0.3 is 0 Å². The van der Waals surface area contributed by atoms with Gasteiger partial charge in [-0.3, -0.25) is 0 Å². The van der Waals surface area contributed by atoms with Gasteiger partial charge in [-0.2, -0.15) is 4.31 Å². The van der Waals surface area contributed by atoms with Crippen LogP contribution in [-0.2, 0) is 16.4 Å². The number of rotatable bonds is 3. The molecule has 1 aliphatic heterocycles. The van der Waals surface area contributed by atoms with Crippen LogP contribution >= 0.6 is 34.3 Å². The standard InChI is InChI=1S/C13H14ClNO2S3/c1-2-10-9-6-8-18-11(9)5-7-15(10)20(16,17)13-4-3-12(14)19-13/h3-4,6,8,10H,2,5,7H2,1H3. The molecule has 0 amide bonds. The van der Waals surface area contributed by atoms with Crippen molar-refractivity contribution in [2.45, 2.75) is 30.0 Å². The molecule has 7 heteroatoms. The summed E-state index contributed by atoms with van der Waals surface area (Å²) < 4.78 is 28.0. The molecule has 3 nitrogen and oxygen atoms in total. The van der Waals surface area contributed by atoms with E-state index in [1.807, 2.05) is 12.3 Å². The first-order valence-corrected chi connectivity index (χ1v) is 9.89. The molecule has 1 aliphatic rings. The second-order valence-electron chi connectivity index (χ2n) is 4.65. The quantitative estimate of drug-likeness (QED) is 0.836. The van der Waals surface area contributed by atoms with Gasteiger partial charge in [0.1, 0.15) is 4.21 Å². The summed E-state index contributed by atoms with van der Waals surface area (Å²) in [5.74, 6) is 0. The van der Waals surface area contributed by atoms with Crippen LogP contribution in [-0.4, -0.2) is 19.3 Å². The third kappa shape index (κ3) is 2.33. The van der Waals surface area contributed by atoms with Gasteiger partial charge in [0, 0.05) is 11.4 Å². The molecule has 20 heavy (non-hydrogen) atoms. The van der Waals surface area contributed by atoms with Crippen molar-refractivity contribution >= 4 is 44.3 Å². The zero-order chi connectivity index (χ0) is 14.3. The highest BCUT2D eigenvalue weighted by Gasteiger charge is 2.36. The lowest BCUT2D eigenvalue weighted by Crippen LogP contribution is -2.38. The van der Waals surface area contributed by atoms with E-state index >= 15 is 0 Å². The Hall–Kier alpha value is -0.400. The highest BCUT2D eigenvalue weighted by Crippen LogP contribution is 2.39. The number of thiophene rings is 2. The minimum Gasteiger partial charge on any atom is -0.206 e. The number of halogens is 1. The van der Waals surface area contributed by atoms with Crippen molar-refractivity contribution in [3.63, 3.8) is 0 Å². The Kier molecular flexibility index (Phi) is 3.94. The van der Waals surface area contributed by atoms with Gasteiger partial charge in [-0.15, -0.1) is 22.7 Å². The van der Waals surface area contributed by atoms with E-state index in [0.717, 1.165) is 29.7 Å². The molecule has 1 unspecified atom stereocenters. The summed E-state index contributed by atoms with van der Waals surface area (Å²) in [6.07, 6.45) is 1.57. The van der Waals surface area contributed by atoms with Gasteiger partial charge in [0.05, 0.1) is 10.4 Å². The Labute approximate surface area is 131 Å². The summed E-state index contributed by atoms with van der Waals surface area (Å²) in [5.41, 5.74) is 1.16. The fourth-order valence-corrected chi connectivity index (χ4v) is 6.86. The van der Waals surface area contributed by atoms with Crippen LogP contribution in [0.3, 0.4) is 0 Å². The van der Waals surface area contributed by atoms with E-state index in [1.165, 1.54) is 4.88 Å². The first-order valence-electron chi connectivity index (χ1n) is 6.37. The fourth-order valence-electron chi connectivity index (χ4n) is 2.64. The lowest BCUT2D eigenvalue weighted by Gasteiger charge is -2.33. The van der Waals surface area contributed by atoms with Gasteiger partial charge >= 0.3 is 0 Å². The van der Waals surface area contributed by atoms with Crippen molar-refractivity contribution in [2.75, 3.05) is 6.54 Å². The van der Waals surface area contributed by atoms with Crippen molar-refractivity contribution in [3.05, 3.63) is 38.4 Å². The molecule has 0 N–H and O–H groups in total. The molecule has 2 aromatic rings. The summed E-state index contributed by atoms with van der Waals surface area (Å²) >= 11 is 8.72. The van der Waals surface area contributed by atoms with Crippen molar-refractivity contribution < 1.29 is 8.42 Å². The zero-order valence-corrected chi connectivity index (χ0v) is 14.1. The van der Waals surface area contributed by atoms with Crippen LogP contribution in [0.1, 0.15) is 29.8 Å². The highest BCUT2D eigenvalue weighted by atomic mass is 35.5. The van der Waals surface area contributed by atoms with E-state index in [4.69, 9.17) is 11.6 Å². The summed E-state index contributed by atoms with van der Waals surface area (Å²) in [6.45, 7) is 2.57. The van der Waals surface area contributed by atoms with E-state index < -0.39 is 10.0 Å². The first kappa shape index (κ1) is 14.5. The van der Waals surface area contributed by atoms with Crippen LogP contribution in [0.4, 0.5) is 0 Å². The maximum atomic E-state index is 12.8. The minimum absolute atomic E-state index is 0.0594. The van der Waals surface area contributed by atoms with Gasteiger partial charge in [0.25, 0.3) is 10.0 Å². The van der Waals surface area contributed by atoms with E-state index in [1.54, 1.807) is 27.8 Å². The van der Waals surface area contributed by atoms with Crippen molar-refractivity contribution in [3.8, 4) is 0 Å². The minimum atomic E-state index is -3.45. The molecular weight excluding hydrogens is 334 g/mol. The van der Waals surface area contributed by atoms with Crippen LogP contribution in [0.5, 0.6) is 0 Å². The molecule has 0 fully saturated rings. The number of hydrogen-bond donors (Lipinski definition) is 0. The number of sulfonamides is 1. The van der Waals surface area contributed by atoms with Gasteiger partial charge in [0.15, 0.2) is 0 Å². The Bertz CT molecular complexity index is 720. The molecule has 0 aliphatic carbocycles. The number of fused-ring (bicyclic) bond motifs is 1. The Balaban J connectivity index is 2.02. The lowest BCUT2D eigenvalue weighted by molar-refractivity contribution is 0.304. The van der Waals surface area contributed by atoms with Crippen LogP contribution in [0, 0.1) is 0 Å². The summed E-state index contributed by atoms with van der Waals surface area (Å²) in [7, 11) is -3.45.